The van der Waals surface area contributed by atoms with E-state index in [0.29, 0.717) is 19.7 Å². The van der Waals surface area contributed by atoms with E-state index in [9.17, 15) is 4.79 Å². The average molecular weight is 262 g/mol. The van der Waals surface area contributed by atoms with Crippen LogP contribution < -0.4 is 10.1 Å². The lowest BCUT2D eigenvalue weighted by atomic mass is 10.0. The highest BCUT2D eigenvalue weighted by atomic mass is 16.5. The molecular formula is C14H18N2O3. The lowest BCUT2D eigenvalue weighted by Crippen LogP contribution is -2.33. The number of anilines is 1. The maximum absolute atomic E-state index is 11.6. The van der Waals surface area contributed by atoms with Gasteiger partial charge in [-0.3, -0.25) is 0 Å². The first-order valence-corrected chi connectivity index (χ1v) is 6.63. The van der Waals surface area contributed by atoms with Crippen LogP contribution >= 0.6 is 0 Å². The van der Waals surface area contributed by atoms with Gasteiger partial charge >= 0.3 is 6.09 Å². The number of amides is 1. The summed E-state index contributed by atoms with van der Waals surface area (Å²) >= 11 is 0. The van der Waals surface area contributed by atoms with E-state index in [-0.39, 0.29) is 6.09 Å². The Morgan fingerprint density at radius 2 is 2.05 bits per heavy atom. The van der Waals surface area contributed by atoms with Gasteiger partial charge in [0.15, 0.2) is 0 Å². The number of hydrogen-bond acceptors (Lipinski definition) is 4. The summed E-state index contributed by atoms with van der Waals surface area (Å²) in [5.74, 6) is 0.927. The smallest absolute Gasteiger partial charge is 0.409 e. The molecule has 2 aliphatic rings. The molecule has 1 aromatic carbocycles. The van der Waals surface area contributed by atoms with E-state index in [1.165, 1.54) is 18.2 Å². The normalized spacial score (nSPS) is 17.4. The lowest BCUT2D eigenvalue weighted by molar-refractivity contribution is 0.125. The van der Waals surface area contributed by atoms with E-state index in [1.807, 2.05) is 0 Å². The molecule has 0 atom stereocenters. The zero-order chi connectivity index (χ0) is 13.2. The summed E-state index contributed by atoms with van der Waals surface area (Å²) in [6, 6.07) is 4.27. The molecule has 0 fully saturated rings. The molecule has 0 spiro atoms. The van der Waals surface area contributed by atoms with Crippen molar-refractivity contribution in [2.24, 2.45) is 0 Å². The maximum Gasteiger partial charge on any atom is 0.409 e. The molecule has 0 bridgehead atoms. The van der Waals surface area contributed by atoms with Crippen LogP contribution in [-0.4, -0.2) is 44.3 Å². The minimum atomic E-state index is -0.244. The predicted molar refractivity (Wildman–Crippen MR) is 71.8 cm³/mol. The molecule has 2 heterocycles. The number of benzene rings is 1. The first-order valence-electron chi connectivity index (χ1n) is 6.63. The summed E-state index contributed by atoms with van der Waals surface area (Å²) in [5, 5.41) is 3.35. The van der Waals surface area contributed by atoms with Crippen LogP contribution in [0, 0.1) is 0 Å². The first kappa shape index (κ1) is 12.1. The Labute approximate surface area is 112 Å². The monoisotopic (exact) mass is 262 g/mol. The third kappa shape index (κ3) is 2.32. The van der Waals surface area contributed by atoms with E-state index in [2.05, 4.69) is 17.4 Å². The van der Waals surface area contributed by atoms with Crippen LogP contribution in [0.1, 0.15) is 11.1 Å². The van der Waals surface area contributed by atoms with Gasteiger partial charge in [0.2, 0.25) is 0 Å². The molecular weight excluding hydrogens is 244 g/mol. The summed E-state index contributed by atoms with van der Waals surface area (Å²) in [6.07, 6.45) is 1.47. The molecule has 3 rings (SSSR count). The number of fused-ring (bicyclic) bond motifs is 2. The van der Waals surface area contributed by atoms with Gasteiger partial charge in [0, 0.05) is 19.6 Å². The Morgan fingerprint density at radius 1 is 1.32 bits per heavy atom. The van der Waals surface area contributed by atoms with Gasteiger partial charge in [0.05, 0.1) is 12.8 Å². The molecule has 0 saturated carbocycles. The Bertz CT molecular complexity index is 465. The number of nitrogens with one attached hydrogen (secondary N) is 1. The molecule has 0 aromatic heterocycles. The van der Waals surface area contributed by atoms with Crippen molar-refractivity contribution in [3.05, 3.63) is 23.3 Å². The predicted octanol–water partition coefficient (Wildman–Crippen LogP) is 1.66. The van der Waals surface area contributed by atoms with Gasteiger partial charge < -0.3 is 19.7 Å². The van der Waals surface area contributed by atoms with Gasteiger partial charge in [-0.2, -0.15) is 0 Å². The summed E-state index contributed by atoms with van der Waals surface area (Å²) < 4.78 is 10.5. The second-order valence-electron chi connectivity index (χ2n) is 4.85. The fourth-order valence-electron chi connectivity index (χ4n) is 2.67. The minimum Gasteiger partial charge on any atom is -0.490 e. The van der Waals surface area contributed by atoms with Gasteiger partial charge in [-0.1, -0.05) is 0 Å². The number of carbonyl (C=O) groups is 1. The molecule has 102 valence electrons. The van der Waals surface area contributed by atoms with E-state index in [4.69, 9.17) is 9.47 Å². The van der Waals surface area contributed by atoms with Crippen molar-refractivity contribution >= 4 is 11.8 Å². The molecule has 0 aliphatic carbocycles. The number of carbonyl (C=O) groups excluding carboxylic acids is 1. The maximum atomic E-state index is 11.6. The van der Waals surface area contributed by atoms with Crippen LogP contribution in [0.4, 0.5) is 10.5 Å². The van der Waals surface area contributed by atoms with Crippen molar-refractivity contribution in [2.45, 2.75) is 12.8 Å². The van der Waals surface area contributed by atoms with Crippen molar-refractivity contribution in [1.82, 2.24) is 4.90 Å². The lowest BCUT2D eigenvalue weighted by Gasteiger charge is -2.21. The van der Waals surface area contributed by atoms with Crippen LogP contribution in [0.2, 0.25) is 0 Å². The SMILES string of the molecule is COC(=O)N1CCc2cc3c(cc2CC1)OCCN3. The highest BCUT2D eigenvalue weighted by Crippen LogP contribution is 2.32. The van der Waals surface area contributed by atoms with Gasteiger partial charge in [-0.05, 0) is 36.1 Å². The first-order chi connectivity index (χ1) is 9.28. The molecule has 0 saturated heterocycles. The molecule has 1 aromatic rings. The van der Waals surface area contributed by atoms with E-state index >= 15 is 0 Å². The summed E-state index contributed by atoms with van der Waals surface area (Å²) in [4.78, 5) is 13.4. The van der Waals surface area contributed by atoms with Crippen molar-refractivity contribution in [2.75, 3.05) is 38.7 Å². The highest BCUT2D eigenvalue weighted by Gasteiger charge is 2.21. The van der Waals surface area contributed by atoms with Crippen molar-refractivity contribution in [3.8, 4) is 5.75 Å². The van der Waals surface area contributed by atoms with E-state index in [1.54, 1.807) is 4.90 Å². The summed E-state index contributed by atoms with van der Waals surface area (Å²) in [6.45, 7) is 2.96. The van der Waals surface area contributed by atoms with Crippen molar-refractivity contribution < 1.29 is 14.3 Å². The zero-order valence-corrected chi connectivity index (χ0v) is 11.1. The van der Waals surface area contributed by atoms with Gasteiger partial charge in [-0.25, -0.2) is 4.79 Å². The number of rotatable bonds is 0. The van der Waals surface area contributed by atoms with Crippen LogP contribution in [0.3, 0.4) is 0 Å². The molecule has 5 nitrogen and oxygen atoms in total. The largest absolute Gasteiger partial charge is 0.490 e. The Kier molecular flexibility index (Phi) is 3.19. The molecule has 1 N–H and O–H groups in total. The third-order valence-electron chi connectivity index (χ3n) is 3.71. The molecule has 5 heteroatoms. The van der Waals surface area contributed by atoms with Crippen LogP contribution in [0.5, 0.6) is 5.75 Å². The number of nitrogens with zero attached hydrogens (tertiary/aromatic N) is 1. The Hall–Kier alpha value is -1.91. The number of methoxy groups -OCH3 is 1. The van der Waals surface area contributed by atoms with Crippen LogP contribution in [0.25, 0.3) is 0 Å². The number of ether oxygens (including phenoxy) is 2. The highest BCUT2D eigenvalue weighted by molar-refractivity contribution is 5.68. The third-order valence-corrected chi connectivity index (χ3v) is 3.71. The molecule has 1 amide bonds. The van der Waals surface area contributed by atoms with Crippen LogP contribution in [-0.2, 0) is 17.6 Å². The quantitative estimate of drug-likeness (QED) is 0.772. The second kappa shape index (κ2) is 4.99. The van der Waals surface area contributed by atoms with Gasteiger partial charge in [0.25, 0.3) is 0 Å². The van der Waals surface area contributed by atoms with Gasteiger partial charge in [-0.15, -0.1) is 0 Å². The average Bonchev–Trinajstić information content (AvgIpc) is 2.66. The second-order valence-corrected chi connectivity index (χ2v) is 4.85. The van der Waals surface area contributed by atoms with E-state index < -0.39 is 0 Å². The zero-order valence-electron chi connectivity index (χ0n) is 11.1. The van der Waals surface area contributed by atoms with Crippen molar-refractivity contribution in [1.29, 1.82) is 0 Å². The standard InChI is InChI=1S/C14H18N2O3/c1-18-14(17)16-5-2-10-8-12-13(19-7-4-15-12)9-11(10)3-6-16/h8-9,15H,2-7H2,1H3. The fraction of sp³-hybridized carbons (Fsp3) is 0.500. The summed E-state index contributed by atoms with van der Waals surface area (Å²) in [7, 11) is 1.43. The van der Waals surface area contributed by atoms with Crippen LogP contribution in [0.15, 0.2) is 12.1 Å². The number of hydrogen-bond donors (Lipinski definition) is 1. The van der Waals surface area contributed by atoms with Crippen molar-refractivity contribution in [3.63, 3.8) is 0 Å². The Balaban J connectivity index is 1.84. The summed E-state index contributed by atoms with van der Waals surface area (Å²) in [5.41, 5.74) is 3.63. The topological polar surface area (TPSA) is 50.8 Å². The Morgan fingerprint density at radius 3 is 2.79 bits per heavy atom. The van der Waals surface area contributed by atoms with E-state index in [0.717, 1.165) is 30.8 Å². The fourth-order valence-corrected chi connectivity index (χ4v) is 2.67. The molecule has 19 heavy (non-hydrogen) atoms. The van der Waals surface area contributed by atoms with Gasteiger partial charge in [0.1, 0.15) is 12.4 Å². The molecule has 0 radical (unpaired) electrons. The molecule has 2 aliphatic heterocycles. The molecule has 0 unspecified atom stereocenters. The minimum absolute atomic E-state index is 0.244.